The predicted octanol–water partition coefficient (Wildman–Crippen LogP) is 3.04. The lowest BCUT2D eigenvalue weighted by Crippen LogP contribution is -2.49. The summed E-state index contributed by atoms with van der Waals surface area (Å²) in [6.45, 7) is 6.54. The SMILES string of the molecule is CCOC(=O)N1CCN(c2nc(C)c3c(n2)CC(c2cccs2)CC3=O)CC1. The Morgan fingerprint density at radius 1 is 1.25 bits per heavy atom. The molecule has 0 spiro atoms. The summed E-state index contributed by atoms with van der Waals surface area (Å²) < 4.78 is 5.08. The topological polar surface area (TPSA) is 75.6 Å². The maximum absolute atomic E-state index is 12.7. The van der Waals surface area contributed by atoms with E-state index in [-0.39, 0.29) is 17.8 Å². The first-order valence-electron chi connectivity index (χ1n) is 9.67. The highest BCUT2D eigenvalue weighted by molar-refractivity contribution is 7.10. The lowest BCUT2D eigenvalue weighted by molar-refractivity contribution is 0.0961. The quantitative estimate of drug-likeness (QED) is 0.788. The van der Waals surface area contributed by atoms with Crippen LogP contribution in [-0.4, -0.2) is 59.5 Å². The summed E-state index contributed by atoms with van der Waals surface area (Å²) in [5, 5.41) is 2.05. The molecular formula is C20H24N4O3S. The van der Waals surface area contributed by atoms with Gasteiger partial charge in [-0.1, -0.05) is 6.07 Å². The highest BCUT2D eigenvalue weighted by atomic mass is 32.1. The van der Waals surface area contributed by atoms with Crippen LogP contribution in [0.2, 0.25) is 0 Å². The van der Waals surface area contributed by atoms with Gasteiger partial charge in [-0.3, -0.25) is 4.79 Å². The molecule has 1 atom stereocenters. The summed E-state index contributed by atoms with van der Waals surface area (Å²) in [4.78, 5) is 39.0. The average Bonchev–Trinajstić information content (AvgIpc) is 3.22. The highest BCUT2D eigenvalue weighted by Crippen LogP contribution is 2.35. The summed E-state index contributed by atoms with van der Waals surface area (Å²) in [5.74, 6) is 0.984. The van der Waals surface area contributed by atoms with Crippen LogP contribution < -0.4 is 4.90 Å². The van der Waals surface area contributed by atoms with Gasteiger partial charge < -0.3 is 14.5 Å². The number of carbonyl (C=O) groups excluding carboxylic acids is 2. The molecule has 2 aromatic heterocycles. The summed E-state index contributed by atoms with van der Waals surface area (Å²) in [7, 11) is 0. The lowest BCUT2D eigenvalue weighted by Gasteiger charge is -2.34. The molecule has 1 amide bonds. The van der Waals surface area contributed by atoms with Gasteiger partial charge in [-0.05, 0) is 31.7 Å². The first-order valence-corrected chi connectivity index (χ1v) is 10.6. The molecule has 0 saturated carbocycles. The Bertz CT molecular complexity index is 876. The fraction of sp³-hybridized carbons (Fsp3) is 0.500. The van der Waals surface area contributed by atoms with Crippen LogP contribution in [0.3, 0.4) is 0 Å². The van der Waals surface area contributed by atoms with Crippen molar-refractivity contribution in [2.75, 3.05) is 37.7 Å². The molecule has 7 nitrogen and oxygen atoms in total. The van der Waals surface area contributed by atoms with Crippen LogP contribution in [0, 0.1) is 6.92 Å². The number of thiophene rings is 1. The van der Waals surface area contributed by atoms with Gasteiger partial charge >= 0.3 is 6.09 Å². The van der Waals surface area contributed by atoms with E-state index in [1.54, 1.807) is 16.2 Å². The smallest absolute Gasteiger partial charge is 0.409 e. The number of rotatable bonds is 3. The minimum absolute atomic E-state index is 0.135. The van der Waals surface area contributed by atoms with E-state index in [0.29, 0.717) is 50.7 Å². The first-order chi connectivity index (χ1) is 13.6. The zero-order chi connectivity index (χ0) is 19.7. The number of hydrogen-bond donors (Lipinski definition) is 0. The molecule has 1 unspecified atom stereocenters. The number of anilines is 1. The number of nitrogens with zero attached hydrogens (tertiary/aromatic N) is 4. The van der Waals surface area contributed by atoms with E-state index in [0.717, 1.165) is 17.8 Å². The van der Waals surface area contributed by atoms with E-state index in [9.17, 15) is 9.59 Å². The van der Waals surface area contributed by atoms with Crippen molar-refractivity contribution in [3.63, 3.8) is 0 Å². The minimum atomic E-state index is -0.269. The van der Waals surface area contributed by atoms with Crippen LogP contribution in [0.4, 0.5) is 10.7 Å². The van der Waals surface area contributed by atoms with Crippen LogP contribution in [0.5, 0.6) is 0 Å². The van der Waals surface area contributed by atoms with Gasteiger partial charge in [0, 0.05) is 43.4 Å². The Hall–Kier alpha value is -2.48. The largest absolute Gasteiger partial charge is 0.450 e. The van der Waals surface area contributed by atoms with Crippen LogP contribution in [0.1, 0.15) is 45.9 Å². The number of carbonyl (C=O) groups is 2. The number of ketones is 1. The molecule has 0 aromatic carbocycles. The van der Waals surface area contributed by atoms with Crippen molar-refractivity contribution < 1.29 is 14.3 Å². The van der Waals surface area contributed by atoms with Crippen molar-refractivity contribution >= 4 is 29.2 Å². The van der Waals surface area contributed by atoms with Crippen LogP contribution >= 0.6 is 11.3 Å². The fourth-order valence-corrected chi connectivity index (χ4v) is 4.76. The zero-order valence-electron chi connectivity index (χ0n) is 16.2. The molecule has 1 aliphatic carbocycles. The molecule has 148 valence electrons. The Morgan fingerprint density at radius 2 is 2.04 bits per heavy atom. The van der Waals surface area contributed by atoms with Crippen molar-refractivity contribution in [1.29, 1.82) is 0 Å². The molecule has 1 saturated heterocycles. The number of hydrogen-bond acceptors (Lipinski definition) is 7. The normalized spacial score (nSPS) is 19.5. The maximum Gasteiger partial charge on any atom is 0.409 e. The number of aryl methyl sites for hydroxylation is 1. The van der Waals surface area contributed by atoms with Crippen molar-refractivity contribution in [2.45, 2.75) is 32.6 Å². The number of piperazine rings is 1. The molecule has 28 heavy (non-hydrogen) atoms. The van der Waals surface area contributed by atoms with Crippen LogP contribution in [-0.2, 0) is 11.2 Å². The van der Waals surface area contributed by atoms with E-state index in [1.807, 2.05) is 19.9 Å². The molecule has 8 heteroatoms. The summed E-state index contributed by atoms with van der Waals surface area (Å²) in [5.41, 5.74) is 2.30. The molecule has 1 aliphatic heterocycles. The number of ether oxygens (including phenoxy) is 1. The van der Waals surface area contributed by atoms with Gasteiger partial charge in [0.05, 0.1) is 23.6 Å². The van der Waals surface area contributed by atoms with Gasteiger partial charge in [0.1, 0.15) is 0 Å². The van der Waals surface area contributed by atoms with Gasteiger partial charge in [0.25, 0.3) is 0 Å². The highest BCUT2D eigenvalue weighted by Gasteiger charge is 2.31. The zero-order valence-corrected chi connectivity index (χ0v) is 17.0. The molecule has 0 radical (unpaired) electrons. The number of aromatic nitrogens is 2. The van der Waals surface area contributed by atoms with Crippen molar-refractivity contribution in [1.82, 2.24) is 14.9 Å². The van der Waals surface area contributed by atoms with Crippen molar-refractivity contribution in [3.05, 3.63) is 39.3 Å². The Kier molecular flexibility index (Phi) is 5.30. The minimum Gasteiger partial charge on any atom is -0.450 e. The second-order valence-electron chi connectivity index (χ2n) is 7.15. The van der Waals surface area contributed by atoms with Gasteiger partial charge in [0.2, 0.25) is 5.95 Å². The molecule has 2 aromatic rings. The second kappa shape index (κ2) is 7.87. The molecule has 3 heterocycles. The number of amides is 1. The Labute approximate surface area is 168 Å². The van der Waals surface area contributed by atoms with E-state index < -0.39 is 0 Å². The molecule has 0 bridgehead atoms. The third kappa shape index (κ3) is 3.61. The third-order valence-electron chi connectivity index (χ3n) is 5.34. The molecular weight excluding hydrogens is 376 g/mol. The average molecular weight is 401 g/mol. The van der Waals surface area contributed by atoms with E-state index in [2.05, 4.69) is 21.3 Å². The first kappa shape index (κ1) is 18.9. The van der Waals surface area contributed by atoms with Gasteiger partial charge in [-0.2, -0.15) is 0 Å². The van der Waals surface area contributed by atoms with E-state index >= 15 is 0 Å². The molecule has 1 fully saturated rings. The van der Waals surface area contributed by atoms with Crippen molar-refractivity contribution in [3.8, 4) is 0 Å². The van der Waals surface area contributed by atoms with Gasteiger partial charge in [-0.15, -0.1) is 11.3 Å². The van der Waals surface area contributed by atoms with Gasteiger partial charge in [-0.25, -0.2) is 14.8 Å². The monoisotopic (exact) mass is 400 g/mol. The fourth-order valence-electron chi connectivity index (χ4n) is 3.93. The van der Waals surface area contributed by atoms with Crippen LogP contribution in [0.15, 0.2) is 17.5 Å². The maximum atomic E-state index is 12.7. The summed E-state index contributed by atoms with van der Waals surface area (Å²) >= 11 is 1.69. The molecule has 4 rings (SSSR count). The predicted molar refractivity (Wildman–Crippen MR) is 107 cm³/mol. The third-order valence-corrected chi connectivity index (χ3v) is 6.37. The Balaban J connectivity index is 1.53. The van der Waals surface area contributed by atoms with Gasteiger partial charge in [0.15, 0.2) is 5.78 Å². The molecule has 2 aliphatic rings. The van der Waals surface area contributed by atoms with Crippen LogP contribution in [0.25, 0.3) is 0 Å². The summed E-state index contributed by atoms with van der Waals surface area (Å²) in [6.07, 6.45) is 1.02. The standard InChI is InChI=1S/C20H24N4O3S/c1-3-27-20(26)24-8-6-23(7-9-24)19-21-13(2)18-15(22-19)11-14(12-16(18)25)17-5-4-10-28-17/h4-5,10,14H,3,6-9,11-12H2,1-2H3. The number of Topliss-reactive ketones (excluding diaryl/α,β-unsaturated/α-hetero) is 1. The lowest BCUT2D eigenvalue weighted by atomic mass is 9.84. The van der Waals surface area contributed by atoms with E-state index in [4.69, 9.17) is 9.72 Å². The molecule has 0 N–H and O–H groups in total. The van der Waals surface area contributed by atoms with Crippen molar-refractivity contribution in [2.24, 2.45) is 0 Å². The summed E-state index contributed by atoms with van der Waals surface area (Å²) in [6, 6.07) is 4.12. The number of fused-ring (bicyclic) bond motifs is 1. The Morgan fingerprint density at radius 3 is 2.71 bits per heavy atom. The second-order valence-corrected chi connectivity index (χ2v) is 8.13. The van der Waals surface area contributed by atoms with E-state index in [1.165, 1.54) is 4.88 Å².